The van der Waals surface area contributed by atoms with Crippen LogP contribution >= 0.6 is 11.8 Å². The van der Waals surface area contributed by atoms with Gasteiger partial charge in [0, 0.05) is 23.0 Å². The Bertz CT molecular complexity index is 687. The van der Waals surface area contributed by atoms with Crippen LogP contribution in [-0.4, -0.2) is 34.5 Å². The van der Waals surface area contributed by atoms with Crippen molar-refractivity contribution >= 4 is 23.4 Å². The van der Waals surface area contributed by atoms with E-state index in [1.165, 1.54) is 0 Å². The first-order valence-corrected chi connectivity index (χ1v) is 8.55. The summed E-state index contributed by atoms with van der Waals surface area (Å²) < 4.78 is 26.7. The van der Waals surface area contributed by atoms with Crippen LogP contribution in [0.4, 0.5) is 14.5 Å². The molecule has 2 heterocycles. The summed E-state index contributed by atoms with van der Waals surface area (Å²) in [7, 11) is 0. The van der Waals surface area contributed by atoms with Crippen molar-refractivity contribution in [2.45, 2.75) is 29.0 Å². The highest BCUT2D eigenvalue weighted by Crippen LogP contribution is 2.30. The molecule has 1 amide bonds. The summed E-state index contributed by atoms with van der Waals surface area (Å²) >= 11 is 0.460. The van der Waals surface area contributed by atoms with Crippen molar-refractivity contribution in [3.8, 4) is 0 Å². The molecule has 2 aromatic rings. The van der Waals surface area contributed by atoms with Gasteiger partial charge < -0.3 is 10.6 Å². The number of aromatic nitrogens is 2. The third-order valence-electron chi connectivity index (χ3n) is 4.11. The number of benzene rings is 1. The predicted molar refractivity (Wildman–Crippen MR) is 89.2 cm³/mol. The monoisotopic (exact) mass is 352 g/mol. The van der Waals surface area contributed by atoms with Crippen LogP contribution in [0, 0.1) is 0 Å². The van der Waals surface area contributed by atoms with Crippen molar-refractivity contribution in [2.75, 3.05) is 18.4 Å². The molecule has 0 saturated carbocycles. The van der Waals surface area contributed by atoms with Crippen LogP contribution in [0.2, 0.25) is 0 Å². The molecule has 8 heteroatoms. The van der Waals surface area contributed by atoms with Crippen LogP contribution in [0.5, 0.6) is 0 Å². The van der Waals surface area contributed by atoms with E-state index in [0.29, 0.717) is 48.3 Å². The van der Waals surface area contributed by atoms with E-state index < -0.39 is 11.3 Å². The third kappa shape index (κ3) is 3.59. The minimum Gasteiger partial charge on any atom is -0.324 e. The van der Waals surface area contributed by atoms with Gasteiger partial charge in [0.15, 0.2) is 0 Å². The minimum absolute atomic E-state index is 0.174. The van der Waals surface area contributed by atoms with Crippen molar-refractivity contribution in [1.29, 1.82) is 0 Å². The normalized spacial score (nSPS) is 17.0. The second-order valence-electron chi connectivity index (χ2n) is 5.59. The van der Waals surface area contributed by atoms with E-state index in [1.807, 2.05) is 0 Å². The average Bonchev–Trinajstić information content (AvgIpc) is 3.10. The fourth-order valence-corrected chi connectivity index (χ4v) is 3.48. The molecule has 0 spiro atoms. The topological polar surface area (TPSA) is 59.0 Å². The van der Waals surface area contributed by atoms with Crippen molar-refractivity contribution in [3.63, 3.8) is 0 Å². The van der Waals surface area contributed by atoms with Crippen LogP contribution in [-0.2, 0) is 10.3 Å². The molecule has 1 aliphatic rings. The zero-order chi connectivity index (χ0) is 17.0. The smallest absolute Gasteiger partial charge is 0.288 e. The summed E-state index contributed by atoms with van der Waals surface area (Å²) in [6.07, 6.45) is 4.67. The minimum atomic E-state index is -2.49. The molecule has 128 valence electrons. The number of piperidine rings is 1. The molecule has 1 aromatic heterocycles. The molecule has 2 N–H and O–H groups in total. The first-order valence-electron chi connectivity index (χ1n) is 7.67. The summed E-state index contributed by atoms with van der Waals surface area (Å²) in [4.78, 5) is 13.4. The van der Waals surface area contributed by atoms with Crippen molar-refractivity contribution < 1.29 is 13.6 Å². The second kappa shape index (κ2) is 7.31. The summed E-state index contributed by atoms with van der Waals surface area (Å²) in [6.45, 7) is 1.43. The first-order chi connectivity index (χ1) is 11.6. The Morgan fingerprint density at radius 3 is 2.79 bits per heavy atom. The molecule has 0 unspecified atom stereocenters. The van der Waals surface area contributed by atoms with Crippen LogP contribution < -0.4 is 10.6 Å². The highest BCUT2D eigenvalue weighted by atomic mass is 32.2. The highest BCUT2D eigenvalue weighted by molar-refractivity contribution is 7.99. The van der Waals surface area contributed by atoms with Gasteiger partial charge in [-0.05, 0) is 50.2 Å². The number of rotatable bonds is 5. The van der Waals surface area contributed by atoms with Crippen molar-refractivity contribution in [2.24, 2.45) is 0 Å². The van der Waals surface area contributed by atoms with Gasteiger partial charge in [-0.15, -0.1) is 0 Å². The van der Waals surface area contributed by atoms with Gasteiger partial charge in [-0.1, -0.05) is 17.8 Å². The van der Waals surface area contributed by atoms with Crippen LogP contribution in [0.3, 0.4) is 0 Å². The Morgan fingerprint density at radius 1 is 1.33 bits per heavy atom. The number of amides is 1. The van der Waals surface area contributed by atoms with E-state index in [9.17, 15) is 13.6 Å². The van der Waals surface area contributed by atoms with E-state index in [2.05, 4.69) is 15.7 Å². The van der Waals surface area contributed by atoms with Crippen LogP contribution in [0.25, 0.3) is 0 Å². The largest absolute Gasteiger partial charge is 0.324 e. The maximum Gasteiger partial charge on any atom is 0.288 e. The van der Waals surface area contributed by atoms with Gasteiger partial charge in [0.05, 0.1) is 0 Å². The van der Waals surface area contributed by atoms with Gasteiger partial charge in [0.1, 0.15) is 5.54 Å². The molecule has 1 aliphatic heterocycles. The molecule has 0 atom stereocenters. The number of alkyl halides is 2. The maximum absolute atomic E-state index is 13.0. The number of nitrogens with zero attached hydrogens (tertiary/aromatic N) is 2. The fourth-order valence-electron chi connectivity index (χ4n) is 2.92. The lowest BCUT2D eigenvalue weighted by Crippen LogP contribution is -2.52. The number of hydrogen-bond acceptors (Lipinski definition) is 4. The number of nitrogens with one attached hydrogen (secondary N) is 2. The third-order valence-corrected chi connectivity index (χ3v) is 4.82. The molecule has 3 rings (SSSR count). The van der Waals surface area contributed by atoms with Crippen molar-refractivity contribution in [3.05, 3.63) is 42.7 Å². The summed E-state index contributed by atoms with van der Waals surface area (Å²) in [5.74, 6) is -2.66. The number of halogens is 2. The first kappa shape index (κ1) is 16.9. The van der Waals surface area contributed by atoms with E-state index in [0.717, 1.165) is 0 Å². The lowest BCUT2D eigenvalue weighted by atomic mass is 9.87. The van der Waals surface area contributed by atoms with Gasteiger partial charge in [-0.2, -0.15) is 13.9 Å². The molecule has 1 saturated heterocycles. The SMILES string of the molecule is O=C(Nc1cccc(SC(F)F)c1)C1(n2cccn2)CCNCC1. The van der Waals surface area contributed by atoms with Gasteiger partial charge in [0.25, 0.3) is 11.7 Å². The quantitative estimate of drug-likeness (QED) is 0.813. The van der Waals surface area contributed by atoms with Gasteiger partial charge in [0.2, 0.25) is 0 Å². The van der Waals surface area contributed by atoms with E-state index >= 15 is 0 Å². The predicted octanol–water partition coefficient (Wildman–Crippen LogP) is 2.92. The Hall–Kier alpha value is -1.93. The number of hydrogen-bond donors (Lipinski definition) is 2. The Kier molecular flexibility index (Phi) is 5.15. The molecule has 1 fully saturated rings. The fraction of sp³-hybridized carbons (Fsp3) is 0.375. The Morgan fingerprint density at radius 2 is 2.12 bits per heavy atom. The van der Waals surface area contributed by atoms with Crippen LogP contribution in [0.15, 0.2) is 47.6 Å². The molecule has 0 aliphatic carbocycles. The summed E-state index contributed by atoms with van der Waals surface area (Å²) in [5.41, 5.74) is -0.253. The lowest BCUT2D eigenvalue weighted by molar-refractivity contribution is -0.126. The maximum atomic E-state index is 13.0. The molecule has 0 radical (unpaired) electrons. The van der Waals surface area contributed by atoms with Crippen LogP contribution in [0.1, 0.15) is 12.8 Å². The Balaban J connectivity index is 1.82. The number of anilines is 1. The molecule has 0 bridgehead atoms. The van der Waals surface area contributed by atoms with E-state index in [1.54, 1.807) is 47.4 Å². The number of carbonyl (C=O) groups excluding carboxylic acids is 1. The zero-order valence-electron chi connectivity index (χ0n) is 12.9. The summed E-state index contributed by atoms with van der Waals surface area (Å²) in [5, 5.41) is 10.4. The molecular formula is C16H18F2N4OS. The van der Waals surface area contributed by atoms with E-state index in [4.69, 9.17) is 0 Å². The standard InChI is InChI=1S/C16H18F2N4OS/c17-15(18)24-13-4-1-3-12(11-13)21-14(23)16(5-8-19-9-6-16)22-10-2-7-20-22/h1-4,7,10-11,15,19H,5-6,8-9H2,(H,21,23). The van der Waals surface area contributed by atoms with Gasteiger partial charge in [-0.25, -0.2) is 0 Å². The van der Waals surface area contributed by atoms with E-state index in [-0.39, 0.29) is 5.91 Å². The molecule has 24 heavy (non-hydrogen) atoms. The van der Waals surface area contributed by atoms with Gasteiger partial charge in [-0.3, -0.25) is 9.48 Å². The Labute approximate surface area is 142 Å². The lowest BCUT2D eigenvalue weighted by Gasteiger charge is -2.36. The average molecular weight is 352 g/mol. The summed E-state index contributed by atoms with van der Waals surface area (Å²) in [6, 6.07) is 8.30. The zero-order valence-corrected chi connectivity index (χ0v) is 13.7. The number of thioether (sulfide) groups is 1. The second-order valence-corrected chi connectivity index (χ2v) is 6.66. The van der Waals surface area contributed by atoms with Gasteiger partial charge >= 0.3 is 0 Å². The molecule has 1 aromatic carbocycles. The molecular weight excluding hydrogens is 334 g/mol. The number of carbonyl (C=O) groups is 1. The van der Waals surface area contributed by atoms with Crippen molar-refractivity contribution in [1.82, 2.24) is 15.1 Å². The molecule has 5 nitrogen and oxygen atoms in total. The highest BCUT2D eigenvalue weighted by Gasteiger charge is 2.42.